The molecule has 0 spiro atoms. The number of rotatable bonds is 11. The summed E-state index contributed by atoms with van der Waals surface area (Å²) in [6.45, 7) is 10.2. The average molecular weight is 432 g/mol. The number of hydrogen-bond donors (Lipinski definition) is 2. The lowest BCUT2D eigenvalue weighted by Gasteiger charge is -2.34. The minimum absolute atomic E-state index is 0.321. The van der Waals surface area contributed by atoms with Gasteiger partial charge in [-0.25, -0.2) is 0 Å². The number of benzene rings is 2. The fraction of sp³-hybridized carbons (Fsp3) is 0.500. The smallest absolute Gasteiger partial charge is 0.119 e. The van der Waals surface area contributed by atoms with Gasteiger partial charge in [-0.1, -0.05) is 42.8 Å². The summed E-state index contributed by atoms with van der Waals surface area (Å²) in [5.41, 5.74) is 2.45. The molecule has 2 aromatic rings. The van der Waals surface area contributed by atoms with Gasteiger partial charge >= 0.3 is 0 Å². The summed E-state index contributed by atoms with van der Waals surface area (Å²) < 4.78 is 5.85. The first-order valence-corrected chi connectivity index (χ1v) is 11.3. The normalized spacial score (nSPS) is 16.5. The van der Waals surface area contributed by atoms with Crippen molar-refractivity contribution in [2.24, 2.45) is 0 Å². The molecule has 2 N–H and O–H groups in total. The Morgan fingerprint density at radius 3 is 2.50 bits per heavy atom. The van der Waals surface area contributed by atoms with Crippen LogP contribution in [0.5, 0.6) is 5.75 Å². The Morgan fingerprint density at radius 1 is 1.03 bits per heavy atom. The molecule has 5 nitrogen and oxygen atoms in total. The van der Waals surface area contributed by atoms with E-state index in [4.69, 9.17) is 16.3 Å². The van der Waals surface area contributed by atoms with Crippen LogP contribution in [0.1, 0.15) is 18.1 Å². The molecular formula is C24H34ClN3O2. The monoisotopic (exact) mass is 431 g/mol. The van der Waals surface area contributed by atoms with Gasteiger partial charge in [0.25, 0.3) is 0 Å². The van der Waals surface area contributed by atoms with Crippen LogP contribution in [-0.4, -0.2) is 73.4 Å². The molecule has 1 aliphatic rings. The van der Waals surface area contributed by atoms with Crippen molar-refractivity contribution in [2.45, 2.75) is 26.0 Å². The molecule has 0 saturated carbocycles. The van der Waals surface area contributed by atoms with Crippen molar-refractivity contribution in [3.05, 3.63) is 64.7 Å². The third-order valence-corrected chi connectivity index (χ3v) is 5.81. The number of ether oxygens (including phenoxy) is 1. The molecule has 1 aliphatic heterocycles. The molecule has 0 aromatic heterocycles. The zero-order chi connectivity index (χ0) is 21.2. The Hall–Kier alpha value is -1.63. The zero-order valence-corrected chi connectivity index (χ0v) is 18.7. The predicted octanol–water partition coefficient (Wildman–Crippen LogP) is 3.05. The number of hydrogen-bond acceptors (Lipinski definition) is 5. The second kappa shape index (κ2) is 12.3. The Kier molecular flexibility index (Phi) is 9.43. The summed E-state index contributed by atoms with van der Waals surface area (Å²) in [6, 6.07) is 16.1. The van der Waals surface area contributed by atoms with Gasteiger partial charge in [0.15, 0.2) is 0 Å². The van der Waals surface area contributed by atoms with Gasteiger partial charge in [0.1, 0.15) is 18.5 Å². The van der Waals surface area contributed by atoms with Crippen molar-refractivity contribution in [3.8, 4) is 5.75 Å². The second-order valence-electron chi connectivity index (χ2n) is 7.90. The minimum Gasteiger partial charge on any atom is -0.491 e. The maximum atomic E-state index is 10.4. The van der Waals surface area contributed by atoms with Crippen molar-refractivity contribution in [2.75, 3.05) is 52.4 Å². The number of nitrogens with one attached hydrogen (secondary N) is 1. The van der Waals surface area contributed by atoms with Crippen LogP contribution in [-0.2, 0) is 13.0 Å². The highest BCUT2D eigenvalue weighted by atomic mass is 35.5. The van der Waals surface area contributed by atoms with E-state index in [0.29, 0.717) is 13.2 Å². The first-order chi connectivity index (χ1) is 14.6. The lowest BCUT2D eigenvalue weighted by Crippen LogP contribution is -2.49. The summed E-state index contributed by atoms with van der Waals surface area (Å²) in [4.78, 5) is 4.76. The predicted molar refractivity (Wildman–Crippen MR) is 123 cm³/mol. The number of halogens is 1. The van der Waals surface area contributed by atoms with Gasteiger partial charge in [0, 0.05) is 44.3 Å². The van der Waals surface area contributed by atoms with Crippen molar-refractivity contribution >= 4 is 11.6 Å². The molecule has 0 radical (unpaired) electrons. The van der Waals surface area contributed by atoms with Gasteiger partial charge in [-0.2, -0.15) is 0 Å². The molecule has 1 saturated heterocycles. The molecule has 0 bridgehead atoms. The van der Waals surface area contributed by atoms with Crippen LogP contribution >= 0.6 is 11.6 Å². The van der Waals surface area contributed by atoms with Crippen LogP contribution in [0.15, 0.2) is 48.5 Å². The molecule has 0 amide bonds. The molecule has 30 heavy (non-hydrogen) atoms. The van der Waals surface area contributed by atoms with Gasteiger partial charge in [0.2, 0.25) is 0 Å². The average Bonchev–Trinajstić information content (AvgIpc) is 2.77. The van der Waals surface area contributed by atoms with Crippen LogP contribution in [0.25, 0.3) is 0 Å². The number of β-amino-alcohol motifs (C(OH)–C–C–N with tert-alkyl or cyclic N) is 1. The molecule has 2 aromatic carbocycles. The molecular weight excluding hydrogens is 398 g/mol. The molecule has 3 rings (SSSR count). The molecule has 0 unspecified atom stereocenters. The summed E-state index contributed by atoms with van der Waals surface area (Å²) in [5.74, 6) is 0.807. The quantitative estimate of drug-likeness (QED) is 0.535. The Bertz CT molecular complexity index is 748. The number of aliphatic hydroxyl groups excluding tert-OH is 1. The third kappa shape index (κ3) is 7.89. The highest BCUT2D eigenvalue weighted by Gasteiger charge is 2.18. The van der Waals surface area contributed by atoms with E-state index >= 15 is 0 Å². The fourth-order valence-electron chi connectivity index (χ4n) is 3.69. The van der Waals surface area contributed by atoms with E-state index in [1.54, 1.807) is 0 Å². The largest absolute Gasteiger partial charge is 0.491 e. The number of nitrogens with zero attached hydrogens (tertiary/aromatic N) is 2. The van der Waals surface area contributed by atoms with Crippen LogP contribution in [0.4, 0.5) is 0 Å². The maximum absolute atomic E-state index is 10.4. The molecule has 1 fully saturated rings. The standard InChI is InChI=1S/C24H34ClN3O2/c1-2-27-12-14-28(15-13-27)18-23(29)19-30-24-5-3-4-21(16-24)17-26-11-10-20-6-8-22(25)9-7-20/h3-9,16,23,26,29H,2,10-15,17-19H2,1H3/t23-/m1/s1. The molecule has 1 heterocycles. The Labute approximate surface area is 185 Å². The van der Waals surface area contributed by atoms with Crippen LogP contribution in [0.3, 0.4) is 0 Å². The van der Waals surface area contributed by atoms with E-state index in [1.807, 2.05) is 30.3 Å². The van der Waals surface area contributed by atoms with Crippen LogP contribution in [0.2, 0.25) is 5.02 Å². The first kappa shape index (κ1) is 23.0. The number of piperazine rings is 1. The highest BCUT2D eigenvalue weighted by molar-refractivity contribution is 6.30. The molecule has 1 atom stereocenters. The van der Waals surface area contributed by atoms with Crippen LogP contribution < -0.4 is 10.1 Å². The van der Waals surface area contributed by atoms with Crippen molar-refractivity contribution in [3.63, 3.8) is 0 Å². The number of aliphatic hydroxyl groups is 1. The summed E-state index contributed by atoms with van der Waals surface area (Å²) in [7, 11) is 0. The Balaban J connectivity index is 1.34. The van der Waals surface area contributed by atoms with Crippen molar-refractivity contribution < 1.29 is 9.84 Å². The van der Waals surface area contributed by atoms with Crippen molar-refractivity contribution in [1.82, 2.24) is 15.1 Å². The molecule has 0 aliphatic carbocycles. The molecule has 164 valence electrons. The van der Waals surface area contributed by atoms with Gasteiger partial charge < -0.3 is 20.1 Å². The summed E-state index contributed by atoms with van der Waals surface area (Å²) in [5, 5.41) is 14.6. The summed E-state index contributed by atoms with van der Waals surface area (Å²) >= 11 is 5.93. The lowest BCUT2D eigenvalue weighted by molar-refractivity contribution is 0.0471. The zero-order valence-electron chi connectivity index (χ0n) is 17.9. The van der Waals surface area contributed by atoms with Gasteiger partial charge in [-0.3, -0.25) is 4.90 Å². The lowest BCUT2D eigenvalue weighted by atomic mass is 10.1. The second-order valence-corrected chi connectivity index (χ2v) is 8.34. The van der Waals surface area contributed by atoms with E-state index in [2.05, 4.69) is 40.2 Å². The SMILES string of the molecule is CCN1CCN(C[C@@H](O)COc2cccc(CNCCc3ccc(Cl)cc3)c2)CC1. The first-order valence-electron chi connectivity index (χ1n) is 10.9. The topological polar surface area (TPSA) is 48.0 Å². The van der Waals surface area contributed by atoms with Crippen LogP contribution in [0, 0.1) is 0 Å². The fourth-order valence-corrected chi connectivity index (χ4v) is 3.82. The van der Waals surface area contributed by atoms with Crippen molar-refractivity contribution in [1.29, 1.82) is 0 Å². The maximum Gasteiger partial charge on any atom is 0.119 e. The van der Waals surface area contributed by atoms with Gasteiger partial charge in [-0.05, 0) is 54.9 Å². The summed E-state index contributed by atoms with van der Waals surface area (Å²) in [6.07, 6.45) is 0.492. The minimum atomic E-state index is -0.473. The highest BCUT2D eigenvalue weighted by Crippen LogP contribution is 2.14. The number of likely N-dealkylation sites (N-methyl/N-ethyl adjacent to an activating group) is 1. The van der Waals surface area contributed by atoms with E-state index < -0.39 is 6.10 Å². The Morgan fingerprint density at radius 2 is 1.77 bits per heavy atom. The van der Waals surface area contributed by atoms with E-state index in [9.17, 15) is 5.11 Å². The van der Waals surface area contributed by atoms with E-state index in [0.717, 1.165) is 63.0 Å². The van der Waals surface area contributed by atoms with Gasteiger partial charge in [-0.15, -0.1) is 0 Å². The third-order valence-electron chi connectivity index (χ3n) is 5.55. The molecule has 6 heteroatoms. The van der Waals surface area contributed by atoms with E-state index in [1.165, 1.54) is 11.1 Å². The van der Waals surface area contributed by atoms with Gasteiger partial charge in [0.05, 0.1) is 0 Å². The van der Waals surface area contributed by atoms with E-state index in [-0.39, 0.29) is 0 Å².